The van der Waals surface area contributed by atoms with Crippen LogP contribution in [0.2, 0.25) is 5.02 Å². The first kappa shape index (κ1) is 12.9. The predicted molar refractivity (Wildman–Crippen MR) is 70.4 cm³/mol. The van der Waals surface area contributed by atoms with Gasteiger partial charge in [0.2, 0.25) is 5.91 Å². The van der Waals surface area contributed by atoms with E-state index in [1.54, 1.807) is 11.0 Å². The van der Waals surface area contributed by atoms with Gasteiger partial charge in [-0.3, -0.25) is 4.79 Å². The summed E-state index contributed by atoms with van der Waals surface area (Å²) in [6.07, 6.45) is 0.171. The highest BCUT2D eigenvalue weighted by atomic mass is 35.5. The van der Waals surface area contributed by atoms with Crippen LogP contribution in [0.5, 0.6) is 0 Å². The Morgan fingerprint density at radius 2 is 2.28 bits per heavy atom. The summed E-state index contributed by atoms with van der Waals surface area (Å²) >= 11 is 6.12. The number of para-hydroxylation sites is 1. The molecule has 1 heterocycles. The molecule has 1 aliphatic rings. The van der Waals surface area contributed by atoms with Gasteiger partial charge in [-0.1, -0.05) is 23.7 Å². The van der Waals surface area contributed by atoms with Crippen LogP contribution in [0.25, 0.3) is 0 Å². The minimum absolute atomic E-state index is 0.0947. The van der Waals surface area contributed by atoms with Gasteiger partial charge in [-0.15, -0.1) is 0 Å². The number of nitrogens with one attached hydrogen (secondary N) is 1. The van der Waals surface area contributed by atoms with E-state index < -0.39 is 6.04 Å². The second-order valence-electron chi connectivity index (χ2n) is 4.38. The SMILES string of the molecule is CC1CN(c2ccccc2Cl)C(=O)C(CC#N)N1. The van der Waals surface area contributed by atoms with Gasteiger partial charge < -0.3 is 10.2 Å². The van der Waals surface area contributed by atoms with Crippen molar-refractivity contribution in [2.24, 2.45) is 0 Å². The van der Waals surface area contributed by atoms with Crippen molar-refractivity contribution < 1.29 is 4.79 Å². The number of benzene rings is 1. The molecule has 1 saturated heterocycles. The van der Waals surface area contributed by atoms with E-state index in [-0.39, 0.29) is 18.4 Å². The van der Waals surface area contributed by atoms with Crippen LogP contribution in [0.1, 0.15) is 13.3 Å². The molecule has 2 atom stereocenters. The summed E-state index contributed by atoms with van der Waals surface area (Å²) in [5.41, 5.74) is 0.709. The highest BCUT2D eigenvalue weighted by Crippen LogP contribution is 2.27. The highest BCUT2D eigenvalue weighted by molar-refractivity contribution is 6.33. The minimum Gasteiger partial charge on any atom is -0.308 e. The first-order valence-corrected chi connectivity index (χ1v) is 6.20. The van der Waals surface area contributed by atoms with Crippen LogP contribution in [0, 0.1) is 11.3 Å². The van der Waals surface area contributed by atoms with Gasteiger partial charge in [0.1, 0.15) is 6.04 Å². The van der Waals surface area contributed by atoms with Crippen molar-refractivity contribution in [3.63, 3.8) is 0 Å². The molecule has 4 nitrogen and oxygen atoms in total. The third-order valence-electron chi connectivity index (χ3n) is 2.94. The van der Waals surface area contributed by atoms with E-state index in [0.717, 1.165) is 0 Å². The number of hydrogen-bond donors (Lipinski definition) is 1. The average Bonchev–Trinajstić information content (AvgIpc) is 2.34. The van der Waals surface area contributed by atoms with Crippen molar-refractivity contribution in [1.82, 2.24) is 5.32 Å². The van der Waals surface area contributed by atoms with Gasteiger partial charge in [0.15, 0.2) is 0 Å². The van der Waals surface area contributed by atoms with Crippen LogP contribution in [0.4, 0.5) is 5.69 Å². The summed E-state index contributed by atoms with van der Waals surface area (Å²) in [6.45, 7) is 2.55. The van der Waals surface area contributed by atoms with Gasteiger partial charge in [0.25, 0.3) is 0 Å². The second-order valence-corrected chi connectivity index (χ2v) is 4.79. The summed E-state index contributed by atoms with van der Waals surface area (Å²) in [6, 6.07) is 8.98. The van der Waals surface area contributed by atoms with Crippen LogP contribution in [-0.4, -0.2) is 24.5 Å². The smallest absolute Gasteiger partial charge is 0.245 e. The van der Waals surface area contributed by atoms with Gasteiger partial charge >= 0.3 is 0 Å². The van der Waals surface area contributed by atoms with Crippen molar-refractivity contribution in [1.29, 1.82) is 5.26 Å². The number of rotatable bonds is 2. The number of nitriles is 1. The zero-order chi connectivity index (χ0) is 13.1. The van der Waals surface area contributed by atoms with Gasteiger partial charge in [-0.05, 0) is 19.1 Å². The first-order chi connectivity index (χ1) is 8.63. The Balaban J connectivity index is 2.30. The van der Waals surface area contributed by atoms with Crippen molar-refractivity contribution in [2.75, 3.05) is 11.4 Å². The van der Waals surface area contributed by atoms with E-state index in [9.17, 15) is 4.79 Å². The largest absolute Gasteiger partial charge is 0.308 e. The maximum absolute atomic E-state index is 12.3. The molecule has 0 bridgehead atoms. The number of halogens is 1. The Kier molecular flexibility index (Phi) is 3.85. The molecule has 5 heteroatoms. The molecule has 1 fully saturated rings. The maximum atomic E-state index is 12.3. The number of nitrogens with zero attached hydrogens (tertiary/aromatic N) is 2. The maximum Gasteiger partial charge on any atom is 0.245 e. The molecule has 1 aromatic carbocycles. The summed E-state index contributed by atoms with van der Waals surface area (Å²) in [7, 11) is 0. The van der Waals surface area contributed by atoms with Crippen molar-refractivity contribution in [2.45, 2.75) is 25.4 Å². The van der Waals surface area contributed by atoms with Crippen LogP contribution >= 0.6 is 11.6 Å². The lowest BCUT2D eigenvalue weighted by molar-refractivity contribution is -0.122. The van der Waals surface area contributed by atoms with E-state index >= 15 is 0 Å². The molecule has 1 aliphatic heterocycles. The number of amides is 1. The third kappa shape index (κ3) is 2.47. The molecule has 0 aliphatic carbocycles. The number of piperazine rings is 1. The fraction of sp³-hybridized carbons (Fsp3) is 0.385. The first-order valence-electron chi connectivity index (χ1n) is 5.82. The lowest BCUT2D eigenvalue weighted by Gasteiger charge is -2.36. The summed E-state index contributed by atoms with van der Waals surface area (Å²) in [5.74, 6) is -0.0947. The van der Waals surface area contributed by atoms with Gasteiger partial charge in [0, 0.05) is 12.6 Å². The van der Waals surface area contributed by atoms with E-state index in [2.05, 4.69) is 5.32 Å². The molecule has 0 aromatic heterocycles. The van der Waals surface area contributed by atoms with Crippen LogP contribution in [0.3, 0.4) is 0 Å². The minimum atomic E-state index is -0.449. The Morgan fingerprint density at radius 1 is 1.56 bits per heavy atom. The summed E-state index contributed by atoms with van der Waals surface area (Å²) in [4.78, 5) is 13.9. The Labute approximate surface area is 111 Å². The van der Waals surface area contributed by atoms with Crippen molar-refractivity contribution in [3.8, 4) is 6.07 Å². The molecule has 0 radical (unpaired) electrons. The topological polar surface area (TPSA) is 56.1 Å². The molecular weight excluding hydrogens is 250 g/mol. The predicted octanol–water partition coefficient (Wildman–Crippen LogP) is 1.95. The lowest BCUT2D eigenvalue weighted by atomic mass is 10.1. The van der Waals surface area contributed by atoms with Gasteiger partial charge in [-0.2, -0.15) is 5.26 Å². The molecule has 2 rings (SSSR count). The number of carbonyl (C=O) groups excluding carboxylic acids is 1. The molecule has 1 aromatic rings. The molecule has 18 heavy (non-hydrogen) atoms. The van der Waals surface area contributed by atoms with E-state index in [1.807, 2.05) is 31.2 Å². The quantitative estimate of drug-likeness (QED) is 0.887. The molecule has 94 valence electrons. The fourth-order valence-electron chi connectivity index (χ4n) is 2.14. The molecule has 0 spiro atoms. The molecule has 2 unspecified atom stereocenters. The monoisotopic (exact) mass is 263 g/mol. The zero-order valence-corrected chi connectivity index (χ0v) is 10.8. The number of hydrogen-bond acceptors (Lipinski definition) is 3. The Morgan fingerprint density at radius 3 is 2.94 bits per heavy atom. The van der Waals surface area contributed by atoms with Gasteiger partial charge in [0.05, 0.1) is 23.2 Å². The lowest BCUT2D eigenvalue weighted by Crippen LogP contribution is -2.59. The van der Waals surface area contributed by atoms with Crippen LogP contribution in [-0.2, 0) is 4.79 Å². The van der Waals surface area contributed by atoms with E-state index in [0.29, 0.717) is 17.3 Å². The normalized spacial score (nSPS) is 23.8. The van der Waals surface area contributed by atoms with E-state index in [4.69, 9.17) is 16.9 Å². The standard InChI is InChI=1S/C13H14ClN3O/c1-9-8-17(12-5-3-2-4-10(12)14)13(18)11(16-9)6-7-15/h2-5,9,11,16H,6,8H2,1H3. The third-order valence-corrected chi connectivity index (χ3v) is 3.26. The Hall–Kier alpha value is -1.57. The second kappa shape index (κ2) is 5.38. The molecular formula is C13H14ClN3O. The van der Waals surface area contributed by atoms with Crippen molar-refractivity contribution >= 4 is 23.2 Å². The highest BCUT2D eigenvalue weighted by Gasteiger charge is 2.33. The molecule has 0 saturated carbocycles. The zero-order valence-electron chi connectivity index (χ0n) is 10.1. The van der Waals surface area contributed by atoms with E-state index in [1.165, 1.54) is 0 Å². The summed E-state index contributed by atoms with van der Waals surface area (Å²) < 4.78 is 0. The number of anilines is 1. The van der Waals surface area contributed by atoms with Gasteiger partial charge in [-0.25, -0.2) is 0 Å². The Bertz CT molecular complexity index is 497. The fourth-order valence-corrected chi connectivity index (χ4v) is 2.38. The number of carbonyl (C=O) groups is 1. The average molecular weight is 264 g/mol. The molecule has 1 amide bonds. The molecule has 1 N–H and O–H groups in total. The summed E-state index contributed by atoms with van der Waals surface area (Å²) in [5, 5.41) is 12.4. The van der Waals surface area contributed by atoms with Crippen LogP contribution in [0.15, 0.2) is 24.3 Å². The van der Waals surface area contributed by atoms with Crippen molar-refractivity contribution in [3.05, 3.63) is 29.3 Å². The van der Waals surface area contributed by atoms with Crippen LogP contribution < -0.4 is 10.2 Å².